The van der Waals surface area contributed by atoms with Gasteiger partial charge in [-0.1, -0.05) is 30.3 Å². The number of aromatic nitrogens is 2. The van der Waals surface area contributed by atoms with Crippen molar-refractivity contribution in [2.75, 3.05) is 7.11 Å². The third kappa shape index (κ3) is 3.34. The van der Waals surface area contributed by atoms with Crippen LogP contribution in [-0.4, -0.2) is 17.1 Å². The third-order valence-electron chi connectivity index (χ3n) is 5.11. The lowest BCUT2D eigenvalue weighted by Crippen LogP contribution is -2.11. The van der Waals surface area contributed by atoms with Crippen LogP contribution in [-0.2, 0) is 6.42 Å². The van der Waals surface area contributed by atoms with E-state index in [4.69, 9.17) is 9.72 Å². The van der Waals surface area contributed by atoms with Crippen LogP contribution >= 0.6 is 11.3 Å². The molecule has 0 bridgehead atoms. The van der Waals surface area contributed by atoms with Gasteiger partial charge in [-0.2, -0.15) is 0 Å². The molecule has 0 spiro atoms. The number of hydrogen-bond acceptors (Lipinski definition) is 4. The monoisotopic (exact) mass is 390 g/mol. The molecule has 4 nitrogen and oxygen atoms in total. The molecule has 0 unspecified atom stereocenters. The molecule has 2 aromatic heterocycles. The van der Waals surface area contributed by atoms with E-state index >= 15 is 0 Å². The minimum Gasteiger partial charge on any atom is -0.497 e. The van der Waals surface area contributed by atoms with Crippen molar-refractivity contribution in [1.82, 2.24) is 9.97 Å². The maximum atomic E-state index is 12.9. The van der Waals surface area contributed by atoms with Crippen molar-refractivity contribution in [3.8, 4) is 16.9 Å². The Kier molecular flexibility index (Phi) is 4.77. The van der Waals surface area contributed by atoms with E-state index in [1.54, 1.807) is 18.4 Å². The lowest BCUT2D eigenvalue weighted by atomic mass is 9.99. The van der Waals surface area contributed by atoms with Crippen molar-refractivity contribution in [2.24, 2.45) is 0 Å². The van der Waals surface area contributed by atoms with E-state index in [0.717, 1.165) is 32.1 Å². The van der Waals surface area contributed by atoms with E-state index in [0.29, 0.717) is 17.6 Å². The molecule has 4 rings (SSSR count). The minimum absolute atomic E-state index is 0.0777. The molecule has 142 valence electrons. The fraction of sp³-hybridized carbons (Fsp3) is 0.217. The highest BCUT2D eigenvalue weighted by atomic mass is 32.1. The van der Waals surface area contributed by atoms with E-state index in [9.17, 15) is 4.79 Å². The van der Waals surface area contributed by atoms with Gasteiger partial charge in [0, 0.05) is 16.9 Å². The molecule has 0 amide bonds. The van der Waals surface area contributed by atoms with Crippen molar-refractivity contribution in [3.63, 3.8) is 0 Å². The highest BCUT2D eigenvalue weighted by Gasteiger charge is 2.17. The van der Waals surface area contributed by atoms with Crippen LogP contribution in [0.3, 0.4) is 0 Å². The fourth-order valence-electron chi connectivity index (χ4n) is 3.43. The molecule has 4 aromatic rings. The first-order valence-electron chi connectivity index (χ1n) is 9.19. The molecule has 0 aliphatic rings. The lowest BCUT2D eigenvalue weighted by Gasteiger charge is -2.06. The maximum Gasteiger partial charge on any atom is 0.260 e. The number of H-pyrrole nitrogens is 1. The highest BCUT2D eigenvalue weighted by molar-refractivity contribution is 7.19. The SMILES string of the molecule is COc1ccc(Cc2nc3sc(C)c(-c4ccc(C)c(C)c4)c3c(=O)[nH]2)cc1. The summed E-state index contributed by atoms with van der Waals surface area (Å²) in [4.78, 5) is 22.6. The summed E-state index contributed by atoms with van der Waals surface area (Å²) < 4.78 is 5.20. The number of benzene rings is 2. The largest absolute Gasteiger partial charge is 0.497 e. The van der Waals surface area contributed by atoms with Crippen LogP contribution in [0, 0.1) is 20.8 Å². The Morgan fingerprint density at radius 3 is 2.46 bits per heavy atom. The summed E-state index contributed by atoms with van der Waals surface area (Å²) >= 11 is 1.58. The molecule has 0 saturated heterocycles. The molecule has 28 heavy (non-hydrogen) atoms. The first kappa shape index (κ1) is 18.4. The van der Waals surface area contributed by atoms with Crippen LogP contribution in [0.15, 0.2) is 47.3 Å². The standard InChI is InChI=1S/C23H22N2O2S/c1-13-5-8-17(11-14(13)2)20-15(3)28-23-21(20)22(26)24-19(25-23)12-16-6-9-18(27-4)10-7-16/h5-11H,12H2,1-4H3,(H,24,25,26). The van der Waals surface area contributed by atoms with Gasteiger partial charge in [-0.15, -0.1) is 11.3 Å². The van der Waals surface area contributed by atoms with E-state index in [1.165, 1.54) is 11.1 Å². The number of nitrogens with one attached hydrogen (secondary N) is 1. The molecule has 2 aromatic carbocycles. The number of methoxy groups -OCH3 is 1. The Labute approximate surface area is 167 Å². The average Bonchev–Trinajstić information content (AvgIpc) is 3.01. The predicted molar refractivity (Wildman–Crippen MR) is 116 cm³/mol. The van der Waals surface area contributed by atoms with Crippen molar-refractivity contribution < 1.29 is 4.74 Å². The Balaban J connectivity index is 1.77. The van der Waals surface area contributed by atoms with Gasteiger partial charge in [0.2, 0.25) is 0 Å². The van der Waals surface area contributed by atoms with Crippen LogP contribution in [0.2, 0.25) is 0 Å². The second-order valence-corrected chi connectivity index (χ2v) is 8.25. The van der Waals surface area contributed by atoms with Gasteiger partial charge in [0.1, 0.15) is 16.4 Å². The summed E-state index contributed by atoms with van der Waals surface area (Å²) in [5, 5.41) is 0.684. The van der Waals surface area contributed by atoms with Crippen LogP contribution in [0.1, 0.15) is 27.4 Å². The number of ether oxygens (including phenoxy) is 1. The Morgan fingerprint density at radius 1 is 1.04 bits per heavy atom. The minimum atomic E-state index is -0.0777. The number of rotatable bonds is 4. The maximum absolute atomic E-state index is 12.9. The zero-order valence-electron chi connectivity index (χ0n) is 16.4. The van der Waals surface area contributed by atoms with Gasteiger partial charge in [0.25, 0.3) is 5.56 Å². The third-order valence-corrected chi connectivity index (χ3v) is 6.11. The molecule has 0 aliphatic carbocycles. The number of fused-ring (bicyclic) bond motifs is 1. The van der Waals surface area contributed by atoms with Crippen molar-refractivity contribution in [3.05, 3.63) is 80.2 Å². The van der Waals surface area contributed by atoms with Crippen molar-refractivity contribution >= 4 is 21.6 Å². The van der Waals surface area contributed by atoms with Gasteiger partial charge < -0.3 is 9.72 Å². The van der Waals surface area contributed by atoms with Crippen LogP contribution < -0.4 is 10.3 Å². The second kappa shape index (κ2) is 7.24. The average molecular weight is 391 g/mol. The summed E-state index contributed by atoms with van der Waals surface area (Å²) in [6.45, 7) is 6.25. The number of hydrogen-bond donors (Lipinski definition) is 1. The Hall–Kier alpha value is -2.92. The van der Waals surface area contributed by atoms with Crippen LogP contribution in [0.5, 0.6) is 5.75 Å². The lowest BCUT2D eigenvalue weighted by molar-refractivity contribution is 0.414. The number of thiophene rings is 1. The summed E-state index contributed by atoms with van der Waals surface area (Å²) in [5.74, 6) is 1.49. The first-order valence-corrected chi connectivity index (χ1v) is 10.0. The molecule has 1 N–H and O–H groups in total. The van der Waals surface area contributed by atoms with E-state index in [2.05, 4.69) is 44.0 Å². The van der Waals surface area contributed by atoms with Crippen LogP contribution in [0.4, 0.5) is 0 Å². The van der Waals surface area contributed by atoms with Gasteiger partial charge in [0.05, 0.1) is 12.5 Å². The Morgan fingerprint density at radius 2 is 1.79 bits per heavy atom. The summed E-state index contributed by atoms with van der Waals surface area (Å²) in [6.07, 6.45) is 0.574. The van der Waals surface area contributed by atoms with E-state index in [-0.39, 0.29) is 5.56 Å². The number of aryl methyl sites for hydroxylation is 3. The van der Waals surface area contributed by atoms with Gasteiger partial charge in [-0.3, -0.25) is 4.79 Å². The summed E-state index contributed by atoms with van der Waals surface area (Å²) in [7, 11) is 1.65. The summed E-state index contributed by atoms with van der Waals surface area (Å²) in [5.41, 5.74) is 5.53. The van der Waals surface area contributed by atoms with E-state index in [1.807, 2.05) is 24.3 Å². The predicted octanol–water partition coefficient (Wildman–Crippen LogP) is 5.18. The summed E-state index contributed by atoms with van der Waals surface area (Å²) in [6, 6.07) is 14.1. The van der Waals surface area contributed by atoms with Gasteiger partial charge in [-0.25, -0.2) is 4.98 Å². The van der Waals surface area contributed by atoms with Crippen LogP contribution in [0.25, 0.3) is 21.3 Å². The molecular weight excluding hydrogens is 368 g/mol. The smallest absolute Gasteiger partial charge is 0.260 e. The molecule has 0 radical (unpaired) electrons. The molecule has 0 aliphatic heterocycles. The first-order chi connectivity index (χ1) is 13.5. The highest BCUT2D eigenvalue weighted by Crippen LogP contribution is 2.36. The second-order valence-electron chi connectivity index (χ2n) is 7.05. The molecule has 0 fully saturated rings. The van der Waals surface area contributed by atoms with Crippen molar-refractivity contribution in [1.29, 1.82) is 0 Å². The fourth-order valence-corrected chi connectivity index (χ4v) is 4.49. The number of nitrogens with zero attached hydrogens (tertiary/aromatic N) is 1. The zero-order chi connectivity index (χ0) is 19.8. The van der Waals surface area contributed by atoms with E-state index < -0.39 is 0 Å². The zero-order valence-corrected chi connectivity index (χ0v) is 17.2. The van der Waals surface area contributed by atoms with Crippen molar-refractivity contribution in [2.45, 2.75) is 27.2 Å². The van der Waals surface area contributed by atoms with Gasteiger partial charge >= 0.3 is 0 Å². The molecular formula is C23H22N2O2S. The molecule has 0 atom stereocenters. The Bertz CT molecular complexity index is 1220. The van der Waals surface area contributed by atoms with Gasteiger partial charge in [-0.05, 0) is 55.2 Å². The topological polar surface area (TPSA) is 55.0 Å². The molecule has 0 saturated carbocycles. The molecule has 5 heteroatoms. The molecule has 2 heterocycles. The van der Waals surface area contributed by atoms with Gasteiger partial charge in [0.15, 0.2) is 0 Å². The quantitative estimate of drug-likeness (QED) is 0.523. The normalized spacial score (nSPS) is 11.1. The number of aromatic amines is 1.